The Morgan fingerprint density at radius 1 is 1.32 bits per heavy atom. The summed E-state index contributed by atoms with van der Waals surface area (Å²) in [5.41, 5.74) is -1.04. The number of carbonyl (C=O) groups excluding carboxylic acids is 2. The molecule has 2 fully saturated rings. The topological polar surface area (TPSA) is 106 Å². The van der Waals surface area contributed by atoms with E-state index in [1.165, 1.54) is 13.1 Å². The van der Waals surface area contributed by atoms with E-state index in [4.69, 9.17) is 9.15 Å². The molecule has 3 rings (SSSR count). The van der Waals surface area contributed by atoms with Crippen molar-refractivity contribution in [2.45, 2.75) is 25.0 Å². The second kappa shape index (κ2) is 5.09. The molecular formula is C13H15N3O6. The molecule has 1 aromatic heterocycles. The Kier molecular flexibility index (Phi) is 3.36. The van der Waals surface area contributed by atoms with E-state index in [9.17, 15) is 19.7 Å². The number of imide groups is 1. The molecule has 2 amide bonds. The summed E-state index contributed by atoms with van der Waals surface area (Å²) in [5.74, 6) is -0.0923. The molecule has 0 atom stereocenters. The van der Waals surface area contributed by atoms with Crippen LogP contribution in [-0.2, 0) is 16.1 Å². The van der Waals surface area contributed by atoms with Crippen LogP contribution in [0.15, 0.2) is 16.5 Å². The first-order valence-electron chi connectivity index (χ1n) is 6.88. The van der Waals surface area contributed by atoms with E-state index in [1.807, 2.05) is 4.90 Å². The zero-order chi connectivity index (χ0) is 15.9. The smallest absolute Gasteiger partial charge is 0.432 e. The van der Waals surface area contributed by atoms with Gasteiger partial charge in [0.25, 0.3) is 5.91 Å². The summed E-state index contributed by atoms with van der Waals surface area (Å²) < 4.78 is 10.4. The first-order valence-corrected chi connectivity index (χ1v) is 6.88. The third-order valence-electron chi connectivity index (χ3n) is 4.12. The second-order valence-corrected chi connectivity index (χ2v) is 5.50. The van der Waals surface area contributed by atoms with E-state index in [2.05, 4.69) is 0 Å². The molecule has 0 radical (unpaired) electrons. The molecule has 2 aliphatic rings. The molecule has 22 heavy (non-hydrogen) atoms. The van der Waals surface area contributed by atoms with Gasteiger partial charge in [0.2, 0.25) is 0 Å². The van der Waals surface area contributed by atoms with Crippen LogP contribution < -0.4 is 0 Å². The lowest BCUT2D eigenvalue weighted by atomic mass is 9.90. The van der Waals surface area contributed by atoms with Crippen molar-refractivity contribution in [1.29, 1.82) is 0 Å². The fourth-order valence-electron chi connectivity index (χ4n) is 2.83. The van der Waals surface area contributed by atoms with Gasteiger partial charge >= 0.3 is 12.0 Å². The number of nitro groups is 1. The Morgan fingerprint density at radius 3 is 2.50 bits per heavy atom. The molecule has 0 aromatic carbocycles. The van der Waals surface area contributed by atoms with Crippen LogP contribution in [0.25, 0.3) is 0 Å². The maximum atomic E-state index is 12.1. The fraction of sp³-hybridized carbons (Fsp3) is 0.538. The standard InChI is InChI=1S/C13H15N3O6/c1-14-11(17)13(22-12(14)18)4-6-15(7-5-13)8-9-2-3-10(21-9)16(19)20/h2-3H,4-8H2,1H3. The second-order valence-electron chi connectivity index (χ2n) is 5.50. The largest absolute Gasteiger partial charge is 0.433 e. The summed E-state index contributed by atoms with van der Waals surface area (Å²) in [7, 11) is 1.41. The summed E-state index contributed by atoms with van der Waals surface area (Å²) in [6, 6.07) is 2.88. The highest BCUT2D eigenvalue weighted by Gasteiger charge is 2.53. The zero-order valence-corrected chi connectivity index (χ0v) is 12.0. The number of piperidine rings is 1. The van der Waals surface area contributed by atoms with Gasteiger partial charge < -0.3 is 9.15 Å². The van der Waals surface area contributed by atoms with Gasteiger partial charge in [-0.25, -0.2) is 9.69 Å². The number of likely N-dealkylation sites (tertiary alicyclic amines) is 1. The van der Waals surface area contributed by atoms with Gasteiger partial charge in [-0.1, -0.05) is 0 Å². The van der Waals surface area contributed by atoms with E-state index in [0.717, 1.165) is 4.90 Å². The molecular weight excluding hydrogens is 294 g/mol. The SMILES string of the molecule is CN1C(=O)OC2(CCN(Cc3ccc([N+](=O)[O-])o3)CC2)C1=O. The third kappa shape index (κ3) is 2.33. The van der Waals surface area contributed by atoms with Gasteiger partial charge in [0.1, 0.15) is 10.7 Å². The van der Waals surface area contributed by atoms with Crippen LogP contribution >= 0.6 is 0 Å². The number of hydrogen-bond donors (Lipinski definition) is 0. The maximum absolute atomic E-state index is 12.1. The van der Waals surface area contributed by atoms with Crippen molar-refractivity contribution in [1.82, 2.24) is 9.80 Å². The average Bonchev–Trinajstić information content (AvgIpc) is 3.03. The monoisotopic (exact) mass is 309 g/mol. The van der Waals surface area contributed by atoms with Gasteiger partial charge in [0.05, 0.1) is 12.6 Å². The average molecular weight is 309 g/mol. The van der Waals surface area contributed by atoms with Gasteiger partial charge in [-0.2, -0.15) is 0 Å². The molecule has 9 nitrogen and oxygen atoms in total. The van der Waals surface area contributed by atoms with E-state index < -0.39 is 16.6 Å². The van der Waals surface area contributed by atoms with Crippen LogP contribution in [0.1, 0.15) is 18.6 Å². The number of rotatable bonds is 3. The number of carbonyl (C=O) groups is 2. The number of hydrogen-bond acceptors (Lipinski definition) is 7. The summed E-state index contributed by atoms with van der Waals surface area (Å²) in [5, 5.41) is 10.6. The van der Waals surface area contributed by atoms with Gasteiger partial charge in [-0.3, -0.25) is 19.8 Å². The van der Waals surface area contributed by atoms with Crippen LogP contribution in [0.3, 0.4) is 0 Å². The molecule has 1 spiro atoms. The first-order chi connectivity index (χ1) is 10.4. The molecule has 0 N–H and O–H groups in total. The summed E-state index contributed by atoms with van der Waals surface area (Å²) in [4.78, 5) is 36.6. The van der Waals surface area contributed by atoms with Gasteiger partial charge in [-0.15, -0.1) is 0 Å². The Balaban J connectivity index is 1.61. The molecule has 2 aliphatic heterocycles. The van der Waals surface area contributed by atoms with E-state index in [0.29, 0.717) is 38.2 Å². The summed E-state index contributed by atoms with van der Waals surface area (Å²) in [6.45, 7) is 1.50. The first kappa shape index (κ1) is 14.5. The van der Waals surface area contributed by atoms with Crippen LogP contribution in [0, 0.1) is 10.1 Å². The maximum Gasteiger partial charge on any atom is 0.433 e. The van der Waals surface area contributed by atoms with Crippen molar-refractivity contribution in [2.75, 3.05) is 20.1 Å². The van der Waals surface area contributed by atoms with E-state index in [1.54, 1.807) is 6.07 Å². The van der Waals surface area contributed by atoms with E-state index in [-0.39, 0.29) is 11.8 Å². The molecule has 9 heteroatoms. The van der Waals surface area contributed by atoms with Crippen LogP contribution in [0.5, 0.6) is 0 Å². The van der Waals surface area contributed by atoms with Crippen LogP contribution in [0.2, 0.25) is 0 Å². The molecule has 118 valence electrons. The van der Waals surface area contributed by atoms with Crippen molar-refractivity contribution in [2.24, 2.45) is 0 Å². The Morgan fingerprint density at radius 2 is 2.00 bits per heavy atom. The van der Waals surface area contributed by atoms with Crippen molar-refractivity contribution < 1.29 is 23.7 Å². The highest BCUT2D eigenvalue weighted by atomic mass is 16.6. The predicted molar refractivity (Wildman–Crippen MR) is 71.9 cm³/mol. The Labute approximate surface area is 125 Å². The molecule has 0 aliphatic carbocycles. The lowest BCUT2D eigenvalue weighted by Gasteiger charge is -2.35. The summed E-state index contributed by atoms with van der Waals surface area (Å²) >= 11 is 0. The number of ether oxygens (including phenoxy) is 1. The van der Waals surface area contributed by atoms with Gasteiger partial charge in [-0.05, 0) is 6.07 Å². The van der Waals surface area contributed by atoms with Crippen molar-refractivity contribution in [3.63, 3.8) is 0 Å². The van der Waals surface area contributed by atoms with Crippen molar-refractivity contribution >= 4 is 17.9 Å². The minimum absolute atomic E-state index is 0.287. The number of furan rings is 1. The van der Waals surface area contributed by atoms with E-state index >= 15 is 0 Å². The third-order valence-corrected chi connectivity index (χ3v) is 4.12. The minimum atomic E-state index is -1.04. The predicted octanol–water partition coefficient (Wildman–Crippen LogP) is 1.13. The molecule has 2 saturated heterocycles. The molecule has 3 heterocycles. The highest BCUT2D eigenvalue weighted by molar-refractivity contribution is 6.02. The fourth-order valence-corrected chi connectivity index (χ4v) is 2.83. The van der Waals surface area contributed by atoms with Gasteiger partial charge in [0.15, 0.2) is 5.60 Å². The number of nitrogens with zero attached hydrogens (tertiary/aromatic N) is 3. The zero-order valence-electron chi connectivity index (χ0n) is 12.0. The van der Waals surface area contributed by atoms with Crippen molar-refractivity contribution in [3.8, 4) is 0 Å². The van der Waals surface area contributed by atoms with Crippen LogP contribution in [0.4, 0.5) is 10.7 Å². The Hall–Kier alpha value is -2.42. The summed E-state index contributed by atoms with van der Waals surface area (Å²) in [6.07, 6.45) is 0.204. The van der Waals surface area contributed by atoms with Crippen LogP contribution in [-0.4, -0.2) is 52.5 Å². The lowest BCUT2D eigenvalue weighted by molar-refractivity contribution is -0.402. The highest BCUT2D eigenvalue weighted by Crippen LogP contribution is 2.34. The molecule has 1 aromatic rings. The molecule has 0 unspecified atom stereocenters. The lowest BCUT2D eigenvalue weighted by Crippen LogP contribution is -2.49. The van der Waals surface area contributed by atoms with Gasteiger partial charge in [0, 0.05) is 33.0 Å². The minimum Gasteiger partial charge on any atom is -0.432 e. The number of likely N-dealkylation sites (N-methyl/N-ethyl adjacent to an activating group) is 1. The quantitative estimate of drug-likeness (QED) is 0.608. The Bertz CT molecular complexity index is 631. The number of amides is 2. The van der Waals surface area contributed by atoms with Crippen molar-refractivity contribution in [3.05, 3.63) is 28.0 Å². The normalized spacial score (nSPS) is 21.4. The molecule has 0 bridgehead atoms. The molecule has 0 saturated carbocycles.